The molecule has 0 saturated heterocycles. The normalized spacial score (nSPS) is 11.4. The van der Waals surface area contributed by atoms with Gasteiger partial charge in [0, 0.05) is 50.3 Å². The Morgan fingerprint density at radius 1 is 1.21 bits per heavy atom. The number of likely N-dealkylation sites (N-methyl/N-ethyl adjacent to an activating group) is 1. The van der Waals surface area contributed by atoms with Crippen LogP contribution in [0.2, 0.25) is 0 Å². The first kappa shape index (κ1) is 25.8. The Balaban J connectivity index is 0.00000420. The van der Waals surface area contributed by atoms with Crippen molar-refractivity contribution in [2.45, 2.75) is 26.8 Å². The molecule has 0 bridgehead atoms. The number of hydrogen-bond acceptors (Lipinski definition) is 5. The maximum atomic E-state index is 5.10. The van der Waals surface area contributed by atoms with E-state index < -0.39 is 0 Å². The van der Waals surface area contributed by atoms with E-state index in [2.05, 4.69) is 48.6 Å². The summed E-state index contributed by atoms with van der Waals surface area (Å²) in [4.78, 5) is 13.0. The van der Waals surface area contributed by atoms with Crippen LogP contribution in [0.5, 0.6) is 0 Å². The van der Waals surface area contributed by atoms with Crippen LogP contribution in [0.4, 0.5) is 0 Å². The fourth-order valence-corrected chi connectivity index (χ4v) is 3.72. The molecule has 0 fully saturated rings. The summed E-state index contributed by atoms with van der Waals surface area (Å²) in [5.41, 5.74) is 2.22. The minimum atomic E-state index is 0. The SMILES string of the molecule is CCNC(=NCc1sc(-c2ccccc2)nc1C)NCCN(C)CCCOC.I. The van der Waals surface area contributed by atoms with E-state index in [1.165, 1.54) is 4.88 Å². The average Bonchev–Trinajstić information content (AvgIpc) is 3.08. The zero-order chi connectivity index (χ0) is 20.2. The van der Waals surface area contributed by atoms with Crippen molar-refractivity contribution < 1.29 is 4.74 Å². The van der Waals surface area contributed by atoms with E-state index in [4.69, 9.17) is 14.7 Å². The van der Waals surface area contributed by atoms with Crippen LogP contribution in [-0.2, 0) is 11.3 Å². The van der Waals surface area contributed by atoms with E-state index in [1.807, 2.05) is 18.2 Å². The number of methoxy groups -OCH3 is 1. The molecule has 0 atom stereocenters. The van der Waals surface area contributed by atoms with Crippen LogP contribution >= 0.6 is 35.3 Å². The zero-order valence-electron chi connectivity index (χ0n) is 17.9. The minimum Gasteiger partial charge on any atom is -0.385 e. The third-order valence-corrected chi connectivity index (χ3v) is 5.50. The minimum absolute atomic E-state index is 0. The molecule has 162 valence electrons. The van der Waals surface area contributed by atoms with Gasteiger partial charge in [0.2, 0.25) is 0 Å². The Labute approximate surface area is 196 Å². The second-order valence-electron chi connectivity index (χ2n) is 6.67. The lowest BCUT2D eigenvalue weighted by atomic mass is 10.2. The fraction of sp³-hybridized carbons (Fsp3) is 0.524. The molecule has 1 aromatic carbocycles. The van der Waals surface area contributed by atoms with Crippen molar-refractivity contribution in [3.05, 3.63) is 40.9 Å². The number of aromatic nitrogens is 1. The number of nitrogens with zero attached hydrogens (tertiary/aromatic N) is 3. The number of aryl methyl sites for hydroxylation is 1. The van der Waals surface area contributed by atoms with E-state index in [-0.39, 0.29) is 24.0 Å². The molecular weight excluding hydrogens is 497 g/mol. The van der Waals surface area contributed by atoms with Crippen LogP contribution in [0.3, 0.4) is 0 Å². The molecule has 0 unspecified atom stereocenters. The predicted octanol–water partition coefficient (Wildman–Crippen LogP) is 3.76. The van der Waals surface area contributed by atoms with Gasteiger partial charge in [0.1, 0.15) is 5.01 Å². The van der Waals surface area contributed by atoms with Crippen molar-refractivity contribution in [2.75, 3.05) is 46.9 Å². The molecule has 29 heavy (non-hydrogen) atoms. The van der Waals surface area contributed by atoms with Gasteiger partial charge in [-0.1, -0.05) is 30.3 Å². The molecule has 0 amide bonds. The molecule has 0 aliphatic carbocycles. The molecule has 0 spiro atoms. The Kier molecular flexibility index (Phi) is 13.1. The van der Waals surface area contributed by atoms with Crippen LogP contribution in [0.1, 0.15) is 23.9 Å². The first-order chi connectivity index (χ1) is 13.6. The van der Waals surface area contributed by atoms with E-state index in [0.717, 1.165) is 61.4 Å². The van der Waals surface area contributed by atoms with Gasteiger partial charge in [-0.25, -0.2) is 9.98 Å². The number of rotatable bonds is 11. The first-order valence-electron chi connectivity index (χ1n) is 9.85. The number of benzene rings is 1. The lowest BCUT2D eigenvalue weighted by Gasteiger charge is -2.18. The Morgan fingerprint density at radius 3 is 2.66 bits per heavy atom. The molecule has 1 heterocycles. The number of halogens is 1. The maximum Gasteiger partial charge on any atom is 0.191 e. The molecular formula is C21H34IN5OS. The summed E-state index contributed by atoms with van der Waals surface area (Å²) in [5, 5.41) is 7.80. The highest BCUT2D eigenvalue weighted by atomic mass is 127. The van der Waals surface area contributed by atoms with Gasteiger partial charge < -0.3 is 20.3 Å². The van der Waals surface area contributed by atoms with Gasteiger partial charge >= 0.3 is 0 Å². The van der Waals surface area contributed by atoms with E-state index >= 15 is 0 Å². The van der Waals surface area contributed by atoms with Gasteiger partial charge in [0.25, 0.3) is 0 Å². The standard InChI is InChI=1S/C21H33N5OS.HI/c1-5-22-21(23-12-14-26(3)13-9-15-27-4)24-16-19-17(2)25-20(28-19)18-10-7-6-8-11-18;/h6-8,10-11H,5,9,12-16H2,1-4H3,(H2,22,23,24);1H. The number of ether oxygens (including phenoxy) is 1. The topological polar surface area (TPSA) is 61.8 Å². The third-order valence-electron chi connectivity index (χ3n) is 4.31. The second kappa shape index (κ2) is 14.7. The van der Waals surface area contributed by atoms with Crippen LogP contribution in [-0.4, -0.2) is 62.8 Å². The van der Waals surface area contributed by atoms with Crippen molar-refractivity contribution in [2.24, 2.45) is 4.99 Å². The molecule has 0 aliphatic rings. The summed E-state index contributed by atoms with van der Waals surface area (Å²) in [5.74, 6) is 0.849. The van der Waals surface area contributed by atoms with E-state index in [1.54, 1.807) is 18.4 Å². The summed E-state index contributed by atoms with van der Waals surface area (Å²) in [6, 6.07) is 10.3. The van der Waals surface area contributed by atoms with Crippen molar-refractivity contribution in [3.63, 3.8) is 0 Å². The lowest BCUT2D eigenvalue weighted by Crippen LogP contribution is -2.41. The number of nitrogens with one attached hydrogen (secondary N) is 2. The van der Waals surface area contributed by atoms with E-state index in [9.17, 15) is 0 Å². The molecule has 0 radical (unpaired) electrons. The second-order valence-corrected chi connectivity index (χ2v) is 7.75. The molecule has 6 nitrogen and oxygen atoms in total. The van der Waals surface area contributed by atoms with Gasteiger partial charge in [-0.2, -0.15) is 0 Å². The third kappa shape index (κ3) is 9.41. The number of aliphatic imine (C=N–C) groups is 1. The summed E-state index contributed by atoms with van der Waals surface area (Å²) in [7, 11) is 3.88. The lowest BCUT2D eigenvalue weighted by molar-refractivity contribution is 0.180. The Bertz CT molecular complexity index is 723. The zero-order valence-corrected chi connectivity index (χ0v) is 21.0. The van der Waals surface area contributed by atoms with Crippen LogP contribution in [0, 0.1) is 6.92 Å². The molecule has 2 rings (SSSR count). The molecule has 0 saturated carbocycles. The molecule has 2 N–H and O–H groups in total. The number of guanidine groups is 1. The highest BCUT2D eigenvalue weighted by Gasteiger charge is 2.09. The van der Waals surface area contributed by atoms with Crippen molar-refractivity contribution in [1.29, 1.82) is 0 Å². The maximum absolute atomic E-state index is 5.10. The fourth-order valence-electron chi connectivity index (χ4n) is 2.73. The molecule has 8 heteroatoms. The average molecular weight is 532 g/mol. The summed E-state index contributed by atoms with van der Waals surface area (Å²) < 4.78 is 5.10. The summed E-state index contributed by atoms with van der Waals surface area (Å²) >= 11 is 1.72. The van der Waals surface area contributed by atoms with Crippen molar-refractivity contribution >= 4 is 41.3 Å². The molecule has 1 aromatic heterocycles. The Morgan fingerprint density at radius 2 is 1.97 bits per heavy atom. The Hall–Kier alpha value is -1.23. The van der Waals surface area contributed by atoms with Gasteiger partial charge in [0.15, 0.2) is 5.96 Å². The quantitative estimate of drug-likeness (QED) is 0.200. The van der Waals surface area contributed by atoms with Crippen LogP contribution in [0.15, 0.2) is 35.3 Å². The van der Waals surface area contributed by atoms with Crippen molar-refractivity contribution in [1.82, 2.24) is 20.5 Å². The molecule has 2 aromatic rings. The van der Waals surface area contributed by atoms with Gasteiger partial charge in [-0.15, -0.1) is 35.3 Å². The first-order valence-corrected chi connectivity index (χ1v) is 10.7. The summed E-state index contributed by atoms with van der Waals surface area (Å²) in [6.07, 6.45) is 1.05. The van der Waals surface area contributed by atoms with Gasteiger partial charge in [-0.05, 0) is 27.3 Å². The summed E-state index contributed by atoms with van der Waals surface area (Å²) in [6.45, 7) is 9.27. The van der Waals surface area contributed by atoms with Crippen molar-refractivity contribution in [3.8, 4) is 10.6 Å². The highest BCUT2D eigenvalue weighted by molar-refractivity contribution is 14.0. The highest BCUT2D eigenvalue weighted by Crippen LogP contribution is 2.28. The monoisotopic (exact) mass is 531 g/mol. The number of thiazole rings is 1. The number of hydrogen-bond donors (Lipinski definition) is 2. The van der Waals surface area contributed by atoms with Gasteiger partial charge in [0.05, 0.1) is 12.2 Å². The van der Waals surface area contributed by atoms with Crippen LogP contribution < -0.4 is 10.6 Å². The van der Waals surface area contributed by atoms with Crippen LogP contribution in [0.25, 0.3) is 10.6 Å². The smallest absolute Gasteiger partial charge is 0.191 e. The van der Waals surface area contributed by atoms with E-state index in [0.29, 0.717) is 6.54 Å². The predicted molar refractivity (Wildman–Crippen MR) is 135 cm³/mol. The largest absolute Gasteiger partial charge is 0.385 e. The molecule has 0 aliphatic heterocycles. The van der Waals surface area contributed by atoms with Gasteiger partial charge in [-0.3, -0.25) is 0 Å².